The summed E-state index contributed by atoms with van der Waals surface area (Å²) < 4.78 is 6.02. The average molecular weight is 418 g/mol. The molecule has 156 valence electrons. The van der Waals surface area contributed by atoms with Gasteiger partial charge in [0.05, 0.1) is 6.54 Å². The Balaban J connectivity index is 1.52. The van der Waals surface area contributed by atoms with Gasteiger partial charge in [0.25, 0.3) is 5.91 Å². The van der Waals surface area contributed by atoms with Crippen molar-refractivity contribution in [3.8, 4) is 11.5 Å². The van der Waals surface area contributed by atoms with Crippen LogP contribution in [0.15, 0.2) is 108 Å². The van der Waals surface area contributed by atoms with Crippen LogP contribution in [0.3, 0.4) is 0 Å². The standard InChI is InChI=1S/C28H22N2O2/c1-20-9-7-11-21(17-20)28(31)29-27-26-16-6-5-10-22(26)19-30(27)23-12-8-15-25(18-23)32-24-13-3-2-4-14-24/h2-18H,19H2,1H3. The van der Waals surface area contributed by atoms with Gasteiger partial charge in [0.1, 0.15) is 17.3 Å². The second-order valence-corrected chi connectivity index (χ2v) is 7.77. The fourth-order valence-corrected chi connectivity index (χ4v) is 3.88. The van der Waals surface area contributed by atoms with Crippen molar-refractivity contribution in [3.63, 3.8) is 0 Å². The first-order chi connectivity index (χ1) is 15.7. The van der Waals surface area contributed by atoms with Gasteiger partial charge in [-0.2, -0.15) is 4.99 Å². The molecule has 0 spiro atoms. The Morgan fingerprint density at radius 3 is 2.41 bits per heavy atom. The number of fused-ring (bicyclic) bond motifs is 1. The second kappa shape index (κ2) is 8.52. The van der Waals surface area contributed by atoms with Crippen molar-refractivity contribution < 1.29 is 9.53 Å². The molecule has 1 heterocycles. The second-order valence-electron chi connectivity index (χ2n) is 7.77. The molecule has 4 heteroatoms. The number of aryl methyl sites for hydroxylation is 1. The Morgan fingerprint density at radius 2 is 1.56 bits per heavy atom. The van der Waals surface area contributed by atoms with Crippen LogP contribution < -0.4 is 9.64 Å². The van der Waals surface area contributed by atoms with Crippen LogP contribution in [0.4, 0.5) is 5.69 Å². The lowest BCUT2D eigenvalue weighted by molar-refractivity contribution is 0.100. The van der Waals surface area contributed by atoms with Crippen molar-refractivity contribution in [1.82, 2.24) is 0 Å². The van der Waals surface area contributed by atoms with E-state index in [0.29, 0.717) is 17.9 Å². The number of amidine groups is 1. The Labute approximate surface area is 187 Å². The average Bonchev–Trinajstić information content (AvgIpc) is 3.18. The maximum Gasteiger partial charge on any atom is 0.278 e. The number of anilines is 1. The number of ether oxygens (including phenoxy) is 1. The number of carbonyl (C=O) groups excluding carboxylic acids is 1. The molecule has 0 aliphatic carbocycles. The summed E-state index contributed by atoms with van der Waals surface area (Å²) in [7, 11) is 0. The lowest BCUT2D eigenvalue weighted by Crippen LogP contribution is -2.25. The predicted molar refractivity (Wildman–Crippen MR) is 128 cm³/mol. The van der Waals surface area contributed by atoms with Crippen LogP contribution in [0.2, 0.25) is 0 Å². The number of amides is 1. The molecule has 4 aromatic carbocycles. The lowest BCUT2D eigenvalue weighted by Gasteiger charge is -2.20. The van der Waals surface area contributed by atoms with Gasteiger partial charge in [0.2, 0.25) is 0 Å². The van der Waals surface area contributed by atoms with Crippen LogP contribution in [0.25, 0.3) is 0 Å². The zero-order valence-electron chi connectivity index (χ0n) is 17.7. The first-order valence-electron chi connectivity index (χ1n) is 10.6. The van der Waals surface area contributed by atoms with Crippen LogP contribution in [-0.4, -0.2) is 11.7 Å². The smallest absolute Gasteiger partial charge is 0.278 e. The molecule has 4 nitrogen and oxygen atoms in total. The van der Waals surface area contributed by atoms with E-state index in [9.17, 15) is 4.79 Å². The molecule has 1 aliphatic heterocycles. The number of aliphatic imine (C=N–C) groups is 1. The third kappa shape index (κ3) is 4.03. The highest BCUT2D eigenvalue weighted by Gasteiger charge is 2.27. The summed E-state index contributed by atoms with van der Waals surface area (Å²) in [5, 5.41) is 0. The topological polar surface area (TPSA) is 41.9 Å². The van der Waals surface area contributed by atoms with Crippen LogP contribution in [0, 0.1) is 6.92 Å². The lowest BCUT2D eigenvalue weighted by atomic mass is 10.1. The van der Waals surface area contributed by atoms with E-state index in [2.05, 4.69) is 16.0 Å². The Bertz CT molecular complexity index is 1310. The third-order valence-electron chi connectivity index (χ3n) is 5.42. The van der Waals surface area contributed by atoms with E-state index < -0.39 is 0 Å². The Morgan fingerprint density at radius 1 is 0.812 bits per heavy atom. The molecule has 0 N–H and O–H groups in total. The number of hydrogen-bond acceptors (Lipinski definition) is 2. The molecule has 1 aliphatic rings. The minimum atomic E-state index is -0.248. The van der Waals surface area contributed by atoms with Crippen LogP contribution >= 0.6 is 0 Å². The van der Waals surface area contributed by atoms with Crippen molar-refractivity contribution in [2.75, 3.05) is 4.90 Å². The molecule has 0 atom stereocenters. The minimum absolute atomic E-state index is 0.248. The van der Waals surface area contributed by atoms with E-state index in [1.54, 1.807) is 6.07 Å². The fourth-order valence-electron chi connectivity index (χ4n) is 3.88. The van der Waals surface area contributed by atoms with Gasteiger partial charge in [0.15, 0.2) is 0 Å². The molecular weight excluding hydrogens is 396 g/mol. The number of hydrogen-bond donors (Lipinski definition) is 0. The Kier molecular flexibility index (Phi) is 5.26. The highest BCUT2D eigenvalue weighted by molar-refractivity contribution is 6.18. The zero-order chi connectivity index (χ0) is 21.9. The summed E-state index contributed by atoms with van der Waals surface area (Å²) in [5.41, 5.74) is 4.65. The highest BCUT2D eigenvalue weighted by atomic mass is 16.5. The van der Waals surface area contributed by atoms with E-state index in [0.717, 1.165) is 33.9 Å². The number of benzene rings is 4. The maximum atomic E-state index is 13.0. The van der Waals surface area contributed by atoms with Gasteiger partial charge in [-0.15, -0.1) is 0 Å². The van der Waals surface area contributed by atoms with Crippen LogP contribution in [0.1, 0.15) is 27.0 Å². The van der Waals surface area contributed by atoms with Gasteiger partial charge in [-0.1, -0.05) is 66.2 Å². The summed E-state index contributed by atoms with van der Waals surface area (Å²) >= 11 is 0. The molecule has 5 rings (SSSR count). The summed E-state index contributed by atoms with van der Waals surface area (Å²) in [6.07, 6.45) is 0. The summed E-state index contributed by atoms with van der Waals surface area (Å²) in [6.45, 7) is 2.62. The van der Waals surface area contributed by atoms with E-state index in [1.165, 1.54) is 0 Å². The molecule has 0 fully saturated rings. The van der Waals surface area contributed by atoms with Crippen molar-refractivity contribution in [1.29, 1.82) is 0 Å². The Hall–Kier alpha value is -4.18. The zero-order valence-corrected chi connectivity index (χ0v) is 17.7. The monoisotopic (exact) mass is 418 g/mol. The van der Waals surface area contributed by atoms with Gasteiger partial charge in [-0.3, -0.25) is 4.79 Å². The number of carbonyl (C=O) groups is 1. The van der Waals surface area contributed by atoms with E-state index >= 15 is 0 Å². The fraction of sp³-hybridized carbons (Fsp3) is 0.0714. The molecule has 32 heavy (non-hydrogen) atoms. The summed E-state index contributed by atoms with van der Waals surface area (Å²) in [6, 6.07) is 33.2. The summed E-state index contributed by atoms with van der Waals surface area (Å²) in [5.74, 6) is 1.91. The summed E-state index contributed by atoms with van der Waals surface area (Å²) in [4.78, 5) is 19.6. The van der Waals surface area contributed by atoms with Gasteiger partial charge >= 0.3 is 0 Å². The van der Waals surface area contributed by atoms with Crippen molar-refractivity contribution in [3.05, 3.63) is 125 Å². The minimum Gasteiger partial charge on any atom is -0.457 e. The quantitative estimate of drug-likeness (QED) is 0.385. The van der Waals surface area contributed by atoms with Gasteiger partial charge in [-0.25, -0.2) is 0 Å². The number of rotatable bonds is 4. The molecular formula is C28H22N2O2. The molecule has 0 aromatic heterocycles. The van der Waals surface area contributed by atoms with Crippen LogP contribution in [-0.2, 0) is 6.54 Å². The first-order valence-corrected chi connectivity index (χ1v) is 10.6. The van der Waals surface area contributed by atoms with Gasteiger partial charge in [0, 0.05) is 22.9 Å². The molecule has 0 unspecified atom stereocenters. The molecule has 0 saturated heterocycles. The predicted octanol–water partition coefficient (Wildman–Crippen LogP) is 6.39. The van der Waals surface area contributed by atoms with Crippen molar-refractivity contribution in [2.24, 2.45) is 4.99 Å². The molecule has 0 bridgehead atoms. The van der Waals surface area contributed by atoms with E-state index in [4.69, 9.17) is 4.74 Å². The van der Waals surface area contributed by atoms with Crippen molar-refractivity contribution in [2.45, 2.75) is 13.5 Å². The van der Waals surface area contributed by atoms with Gasteiger partial charge in [-0.05, 0) is 48.9 Å². The maximum absolute atomic E-state index is 13.0. The van der Waals surface area contributed by atoms with E-state index in [1.807, 2.05) is 97.9 Å². The highest BCUT2D eigenvalue weighted by Crippen LogP contribution is 2.32. The van der Waals surface area contributed by atoms with Crippen LogP contribution in [0.5, 0.6) is 11.5 Å². The van der Waals surface area contributed by atoms with Gasteiger partial charge < -0.3 is 9.64 Å². The van der Waals surface area contributed by atoms with Crippen molar-refractivity contribution >= 4 is 17.4 Å². The number of para-hydroxylation sites is 1. The first kappa shape index (κ1) is 19.8. The SMILES string of the molecule is Cc1cccc(C(=O)N=C2c3ccccc3CN2c2cccc(Oc3ccccc3)c2)c1. The normalized spacial score (nSPS) is 13.8. The molecule has 1 amide bonds. The molecule has 0 radical (unpaired) electrons. The molecule has 0 saturated carbocycles. The largest absolute Gasteiger partial charge is 0.457 e. The van der Waals surface area contributed by atoms with E-state index in [-0.39, 0.29) is 5.91 Å². The third-order valence-corrected chi connectivity index (χ3v) is 5.42. The number of nitrogens with zero attached hydrogens (tertiary/aromatic N) is 2. The molecule has 4 aromatic rings.